The second kappa shape index (κ2) is 6.70. The molecule has 0 saturated carbocycles. The van der Waals surface area contributed by atoms with Gasteiger partial charge in [-0.3, -0.25) is 0 Å². The number of hydrogen-bond donors (Lipinski definition) is 1. The molecular formula is C17H16FNO2. The number of hydrogen-bond acceptors (Lipinski definition) is 2. The van der Waals surface area contributed by atoms with Crippen LogP contribution in [0.1, 0.15) is 12.5 Å². The molecule has 0 atom stereocenters. The van der Waals surface area contributed by atoms with Crippen LogP contribution in [0.3, 0.4) is 0 Å². The molecule has 1 N–H and O–H groups in total. The number of anilines is 2. The van der Waals surface area contributed by atoms with Crippen molar-refractivity contribution in [1.29, 1.82) is 0 Å². The fourth-order valence-corrected chi connectivity index (χ4v) is 2.14. The third-order valence-electron chi connectivity index (χ3n) is 3.02. The van der Waals surface area contributed by atoms with E-state index >= 15 is 0 Å². The Hall–Kier alpha value is -2.62. The molecule has 0 aliphatic carbocycles. The average Bonchev–Trinajstić information content (AvgIpc) is 2.46. The lowest BCUT2D eigenvalue weighted by atomic mass is 10.1. The van der Waals surface area contributed by atoms with Crippen LogP contribution in [0.15, 0.2) is 54.6 Å². The van der Waals surface area contributed by atoms with Crippen molar-refractivity contribution in [3.05, 3.63) is 66.0 Å². The summed E-state index contributed by atoms with van der Waals surface area (Å²) in [6.07, 6.45) is 2.38. The van der Waals surface area contributed by atoms with E-state index < -0.39 is 11.8 Å². The smallest absolute Gasteiger partial charge is 0.328 e. The van der Waals surface area contributed by atoms with Crippen molar-refractivity contribution in [2.75, 3.05) is 11.4 Å². The minimum absolute atomic E-state index is 0.396. The van der Waals surface area contributed by atoms with Crippen LogP contribution in [0.25, 0.3) is 6.08 Å². The highest BCUT2D eigenvalue weighted by atomic mass is 19.1. The number of para-hydroxylation sites is 1. The molecule has 0 spiro atoms. The molecule has 0 aromatic heterocycles. The Morgan fingerprint density at radius 3 is 2.52 bits per heavy atom. The summed E-state index contributed by atoms with van der Waals surface area (Å²) in [4.78, 5) is 12.5. The van der Waals surface area contributed by atoms with Gasteiger partial charge in [-0.2, -0.15) is 0 Å². The van der Waals surface area contributed by atoms with E-state index in [-0.39, 0.29) is 0 Å². The minimum atomic E-state index is -1.06. The Morgan fingerprint density at radius 2 is 1.90 bits per heavy atom. The largest absolute Gasteiger partial charge is 0.478 e. The van der Waals surface area contributed by atoms with Gasteiger partial charge in [-0.1, -0.05) is 18.2 Å². The Labute approximate surface area is 123 Å². The molecule has 2 aromatic carbocycles. The molecule has 0 aliphatic heterocycles. The monoisotopic (exact) mass is 285 g/mol. The summed E-state index contributed by atoms with van der Waals surface area (Å²) in [6, 6.07) is 14.2. The maximum atomic E-state index is 13.8. The molecule has 0 radical (unpaired) electrons. The molecule has 0 bridgehead atoms. The Morgan fingerprint density at radius 1 is 1.19 bits per heavy atom. The second-order valence-electron chi connectivity index (χ2n) is 4.49. The first-order valence-electron chi connectivity index (χ1n) is 6.64. The van der Waals surface area contributed by atoms with Gasteiger partial charge in [0.2, 0.25) is 0 Å². The van der Waals surface area contributed by atoms with Crippen molar-refractivity contribution in [2.45, 2.75) is 6.92 Å². The summed E-state index contributed by atoms with van der Waals surface area (Å²) in [7, 11) is 0. The zero-order valence-electron chi connectivity index (χ0n) is 11.7. The number of carboxylic acid groups (broad SMARTS) is 1. The minimum Gasteiger partial charge on any atom is -0.478 e. The molecule has 4 heteroatoms. The van der Waals surface area contributed by atoms with Gasteiger partial charge in [0.1, 0.15) is 5.82 Å². The molecule has 0 saturated heterocycles. The predicted octanol–water partition coefficient (Wildman–Crippen LogP) is 4.08. The number of benzene rings is 2. The van der Waals surface area contributed by atoms with E-state index in [1.165, 1.54) is 18.2 Å². The highest BCUT2D eigenvalue weighted by Gasteiger charge is 2.09. The standard InChI is InChI=1S/C17H16FNO2/c1-2-19(15-6-4-3-5-7-15)16-11-13(8-9-17(20)21)10-14(18)12-16/h3-12H,2H2,1H3,(H,20,21)/b9-8+. The molecule has 2 rings (SSSR count). The van der Waals surface area contributed by atoms with Gasteiger partial charge in [0, 0.05) is 24.0 Å². The van der Waals surface area contributed by atoms with E-state index in [0.717, 1.165) is 11.8 Å². The fraction of sp³-hybridized carbons (Fsp3) is 0.118. The molecule has 0 amide bonds. The molecule has 0 aliphatic rings. The molecule has 21 heavy (non-hydrogen) atoms. The maximum absolute atomic E-state index is 13.8. The van der Waals surface area contributed by atoms with E-state index in [4.69, 9.17) is 5.11 Å². The van der Waals surface area contributed by atoms with Gasteiger partial charge >= 0.3 is 5.97 Å². The van der Waals surface area contributed by atoms with Crippen molar-refractivity contribution in [1.82, 2.24) is 0 Å². The summed E-state index contributed by atoms with van der Waals surface area (Å²) in [5.41, 5.74) is 2.16. The van der Waals surface area contributed by atoms with Gasteiger partial charge in [-0.15, -0.1) is 0 Å². The Balaban J connectivity index is 2.40. The predicted molar refractivity (Wildman–Crippen MR) is 82.2 cm³/mol. The van der Waals surface area contributed by atoms with Crippen molar-refractivity contribution >= 4 is 23.4 Å². The summed E-state index contributed by atoms with van der Waals surface area (Å²) < 4.78 is 13.8. The van der Waals surface area contributed by atoms with E-state index in [1.54, 1.807) is 6.07 Å². The van der Waals surface area contributed by atoms with Gasteiger partial charge in [-0.05, 0) is 48.9 Å². The average molecular weight is 285 g/mol. The van der Waals surface area contributed by atoms with Crippen molar-refractivity contribution in [2.24, 2.45) is 0 Å². The van der Waals surface area contributed by atoms with Gasteiger partial charge in [0.25, 0.3) is 0 Å². The zero-order chi connectivity index (χ0) is 15.2. The lowest BCUT2D eigenvalue weighted by Crippen LogP contribution is -2.16. The molecule has 0 fully saturated rings. The first-order chi connectivity index (χ1) is 10.1. The topological polar surface area (TPSA) is 40.5 Å². The van der Waals surface area contributed by atoms with Crippen LogP contribution >= 0.6 is 0 Å². The van der Waals surface area contributed by atoms with Gasteiger partial charge < -0.3 is 10.0 Å². The number of aliphatic carboxylic acids is 1. The first-order valence-corrected chi connectivity index (χ1v) is 6.64. The summed E-state index contributed by atoms with van der Waals surface area (Å²) >= 11 is 0. The molecule has 108 valence electrons. The van der Waals surface area contributed by atoms with Crippen molar-refractivity contribution in [3.63, 3.8) is 0 Å². The number of carboxylic acids is 1. The lowest BCUT2D eigenvalue weighted by molar-refractivity contribution is -0.131. The number of rotatable bonds is 5. The van der Waals surface area contributed by atoms with E-state index in [2.05, 4.69) is 0 Å². The normalized spacial score (nSPS) is 10.8. The van der Waals surface area contributed by atoms with Crippen LogP contribution in [0.5, 0.6) is 0 Å². The summed E-state index contributed by atoms with van der Waals surface area (Å²) in [5.74, 6) is -1.46. The molecular weight excluding hydrogens is 269 g/mol. The fourth-order valence-electron chi connectivity index (χ4n) is 2.14. The lowest BCUT2D eigenvalue weighted by Gasteiger charge is -2.23. The van der Waals surface area contributed by atoms with Gasteiger partial charge in [0.05, 0.1) is 0 Å². The van der Waals surface area contributed by atoms with Crippen LogP contribution in [-0.2, 0) is 4.79 Å². The van der Waals surface area contributed by atoms with Gasteiger partial charge in [-0.25, -0.2) is 9.18 Å². The summed E-state index contributed by atoms with van der Waals surface area (Å²) in [6.45, 7) is 2.65. The van der Waals surface area contributed by atoms with Crippen LogP contribution in [0.2, 0.25) is 0 Å². The highest BCUT2D eigenvalue weighted by molar-refractivity contribution is 5.85. The van der Waals surface area contributed by atoms with E-state index in [1.807, 2.05) is 42.2 Å². The van der Waals surface area contributed by atoms with Crippen molar-refractivity contribution in [3.8, 4) is 0 Å². The van der Waals surface area contributed by atoms with Crippen LogP contribution in [0.4, 0.5) is 15.8 Å². The van der Waals surface area contributed by atoms with Crippen LogP contribution in [0, 0.1) is 5.82 Å². The third-order valence-corrected chi connectivity index (χ3v) is 3.02. The third kappa shape index (κ3) is 3.92. The SMILES string of the molecule is CCN(c1ccccc1)c1cc(F)cc(/C=C/C(=O)O)c1. The number of halogens is 1. The zero-order valence-corrected chi connectivity index (χ0v) is 11.7. The maximum Gasteiger partial charge on any atom is 0.328 e. The Bertz CT molecular complexity index is 653. The number of carbonyl (C=O) groups is 1. The van der Waals surface area contributed by atoms with Crippen molar-refractivity contribution < 1.29 is 14.3 Å². The first kappa shape index (κ1) is 14.8. The Kier molecular flexibility index (Phi) is 4.72. The molecule has 3 nitrogen and oxygen atoms in total. The molecule has 0 unspecified atom stereocenters. The quantitative estimate of drug-likeness (QED) is 0.841. The summed E-state index contributed by atoms with van der Waals surface area (Å²) in [5, 5.41) is 8.66. The molecule has 2 aromatic rings. The highest BCUT2D eigenvalue weighted by Crippen LogP contribution is 2.27. The number of nitrogens with zero attached hydrogens (tertiary/aromatic N) is 1. The second-order valence-corrected chi connectivity index (χ2v) is 4.49. The van der Waals surface area contributed by atoms with E-state index in [9.17, 15) is 9.18 Å². The van der Waals surface area contributed by atoms with Crippen LogP contribution < -0.4 is 4.90 Å². The van der Waals surface area contributed by atoms with E-state index in [0.29, 0.717) is 17.8 Å². The molecule has 0 heterocycles. The van der Waals surface area contributed by atoms with Gasteiger partial charge in [0.15, 0.2) is 0 Å². The van der Waals surface area contributed by atoms with Crippen LogP contribution in [-0.4, -0.2) is 17.6 Å².